The lowest BCUT2D eigenvalue weighted by molar-refractivity contribution is -0.217. The van der Waals surface area contributed by atoms with Gasteiger partial charge in [0.2, 0.25) is 0 Å². The number of carbonyl (C=O) groups excluding carboxylic acids is 2. The zero-order valence-electron chi connectivity index (χ0n) is 32.7. The molecule has 0 radical (unpaired) electrons. The molecule has 3 rings (SSSR count). The summed E-state index contributed by atoms with van der Waals surface area (Å²) in [4.78, 5) is 35.8. The number of aliphatic hydroxyl groups excluding tert-OH is 4. The first-order valence-electron chi connectivity index (χ1n) is 19.7. The highest BCUT2D eigenvalue weighted by molar-refractivity contribution is 7.48. The van der Waals surface area contributed by atoms with Crippen molar-refractivity contribution in [2.45, 2.75) is 147 Å². The maximum atomic E-state index is 14.0. The molecule has 1 unspecified atom stereocenters. The molecule has 1 fully saturated rings. The third-order valence-corrected chi connectivity index (χ3v) is 11.5. The topological polar surface area (TPSA) is 234 Å². The van der Waals surface area contributed by atoms with Crippen LogP contribution in [0.25, 0.3) is 0 Å². The van der Waals surface area contributed by atoms with E-state index in [1.165, 1.54) is 0 Å². The van der Waals surface area contributed by atoms with Crippen molar-refractivity contribution in [2.75, 3.05) is 13.2 Å². The number of carbonyl (C=O) groups is 2. The van der Waals surface area contributed by atoms with Crippen LogP contribution in [0.1, 0.15) is 102 Å². The smallest absolute Gasteiger partial charge is 0.462 e. The number of hydrogen-bond acceptors (Lipinski definition) is 15. The number of unbranched alkanes of at least 4 members (excludes halogenated alkanes) is 8. The van der Waals surface area contributed by atoms with E-state index < -0.39 is 83.5 Å². The average Bonchev–Trinajstić information content (AvgIpc) is 3.20. The number of ether oxygens (including phenoxy) is 2. The summed E-state index contributed by atoms with van der Waals surface area (Å²) in [5.41, 5.74) is 1.13. The minimum atomic E-state index is -5.30. The van der Waals surface area contributed by atoms with Crippen LogP contribution in [0, 0.1) is 0 Å². The molecule has 0 saturated heterocycles. The predicted octanol–water partition coefficient (Wildman–Crippen LogP) is 6.05. The van der Waals surface area contributed by atoms with E-state index >= 15 is 0 Å². The minimum Gasteiger partial charge on any atom is -0.462 e. The van der Waals surface area contributed by atoms with E-state index in [9.17, 15) is 44.0 Å². The van der Waals surface area contributed by atoms with Crippen LogP contribution in [0.4, 0.5) is 0 Å². The number of phosphoric ester groups is 2. The molecular weight excluding hydrogens is 786 g/mol. The number of aliphatic hydroxyl groups is 4. The molecule has 0 spiro atoms. The van der Waals surface area contributed by atoms with Crippen molar-refractivity contribution in [1.29, 1.82) is 0 Å². The first-order chi connectivity index (χ1) is 27.3. The number of esters is 2. The van der Waals surface area contributed by atoms with E-state index in [-0.39, 0.29) is 26.1 Å². The van der Waals surface area contributed by atoms with Crippen LogP contribution in [-0.4, -0.2) is 93.2 Å². The van der Waals surface area contributed by atoms with Crippen LogP contribution in [0.5, 0.6) is 0 Å². The van der Waals surface area contributed by atoms with Gasteiger partial charge in [0.05, 0.1) is 19.8 Å². The van der Waals surface area contributed by atoms with Gasteiger partial charge in [-0.2, -0.15) is 0 Å². The Morgan fingerprint density at radius 2 is 1.07 bits per heavy atom. The summed E-state index contributed by atoms with van der Waals surface area (Å²) in [7, 11) is -10.0. The first kappa shape index (κ1) is 48.8. The van der Waals surface area contributed by atoms with Crippen molar-refractivity contribution in [2.24, 2.45) is 0 Å². The second kappa shape index (κ2) is 25.8. The molecule has 5 N–H and O–H groups in total. The maximum absolute atomic E-state index is 14.0. The highest BCUT2D eigenvalue weighted by atomic mass is 31.2. The van der Waals surface area contributed by atoms with Gasteiger partial charge in [-0.1, -0.05) is 126 Å². The van der Waals surface area contributed by atoms with E-state index in [1.54, 1.807) is 60.7 Å². The average molecular weight is 847 g/mol. The van der Waals surface area contributed by atoms with Gasteiger partial charge in [-0.05, 0) is 24.0 Å². The third kappa shape index (κ3) is 18.1. The van der Waals surface area contributed by atoms with Gasteiger partial charge in [0.25, 0.3) is 0 Å². The van der Waals surface area contributed by atoms with Gasteiger partial charge < -0.3 is 34.8 Å². The van der Waals surface area contributed by atoms with Crippen LogP contribution in [0.3, 0.4) is 0 Å². The van der Waals surface area contributed by atoms with Crippen molar-refractivity contribution >= 4 is 27.6 Å². The zero-order chi connectivity index (χ0) is 41.7. The van der Waals surface area contributed by atoms with Crippen LogP contribution >= 0.6 is 15.6 Å². The van der Waals surface area contributed by atoms with Crippen molar-refractivity contribution in [3.8, 4) is 0 Å². The molecule has 0 aliphatic heterocycles. The van der Waals surface area contributed by atoms with Crippen molar-refractivity contribution < 1.29 is 76.1 Å². The summed E-state index contributed by atoms with van der Waals surface area (Å²) >= 11 is 0. The molecule has 18 heteroatoms. The largest absolute Gasteiger partial charge is 0.475 e. The Labute approximate surface area is 335 Å². The Morgan fingerprint density at radius 1 is 0.596 bits per heavy atom. The number of rotatable bonds is 28. The molecule has 1 aliphatic rings. The molecule has 0 bridgehead atoms. The number of hydrogen-bond donors (Lipinski definition) is 5. The molecule has 0 heterocycles. The highest BCUT2D eigenvalue weighted by Crippen LogP contribution is 2.54. The SMILES string of the molecule is CCCCCCCC(=O)OC[C@H](COP(=O)(O)O[C@@H]1[C@H](O)[C@H](OP(=O)(OCc2ccccc2)OCc2ccccc2)[C@@H](O)[C@H](O)[C@H]1O)OC(=O)CCCCCCC. The Hall–Kier alpha value is -2.56. The lowest BCUT2D eigenvalue weighted by Crippen LogP contribution is -2.64. The van der Waals surface area contributed by atoms with Gasteiger partial charge in [-0.25, -0.2) is 9.13 Å². The van der Waals surface area contributed by atoms with Crippen LogP contribution in [0.15, 0.2) is 60.7 Å². The summed E-state index contributed by atoms with van der Waals surface area (Å²) in [6.07, 6.45) is -5.27. The fraction of sp³-hybridized carbons (Fsp3) is 0.641. The summed E-state index contributed by atoms with van der Waals surface area (Å²) < 4.78 is 64.8. The van der Waals surface area contributed by atoms with Crippen molar-refractivity contribution in [1.82, 2.24) is 0 Å². The number of benzene rings is 2. The molecule has 8 atom stereocenters. The normalized spacial score (nSPS) is 22.7. The van der Waals surface area contributed by atoms with Gasteiger partial charge in [0.1, 0.15) is 43.2 Å². The van der Waals surface area contributed by atoms with E-state index in [1.807, 2.05) is 0 Å². The van der Waals surface area contributed by atoms with Gasteiger partial charge in [-0.15, -0.1) is 0 Å². The summed E-state index contributed by atoms with van der Waals surface area (Å²) in [5, 5.41) is 43.6. The quantitative estimate of drug-likeness (QED) is 0.0373. The zero-order valence-corrected chi connectivity index (χ0v) is 34.5. The Kier molecular flexibility index (Phi) is 22.1. The highest BCUT2D eigenvalue weighted by Gasteiger charge is 2.55. The summed E-state index contributed by atoms with van der Waals surface area (Å²) in [6, 6.07) is 17.1. The lowest BCUT2D eigenvalue weighted by atomic mass is 9.85. The summed E-state index contributed by atoms with van der Waals surface area (Å²) in [5.74, 6) is -1.20. The second-order valence-electron chi connectivity index (χ2n) is 14.0. The molecule has 57 heavy (non-hydrogen) atoms. The van der Waals surface area contributed by atoms with E-state index in [4.69, 9.17) is 32.1 Å². The first-order valence-corrected chi connectivity index (χ1v) is 22.6. The fourth-order valence-electron chi connectivity index (χ4n) is 5.86. The third-order valence-electron chi connectivity index (χ3n) is 9.14. The Bertz CT molecular complexity index is 1490. The van der Waals surface area contributed by atoms with E-state index in [0.29, 0.717) is 24.0 Å². The summed E-state index contributed by atoms with van der Waals surface area (Å²) in [6.45, 7) is 2.24. The second-order valence-corrected chi connectivity index (χ2v) is 17.0. The fourth-order valence-corrected chi connectivity index (χ4v) is 8.19. The van der Waals surface area contributed by atoms with Crippen molar-refractivity contribution in [3.05, 3.63) is 71.8 Å². The molecule has 1 aliphatic carbocycles. The van der Waals surface area contributed by atoms with Gasteiger partial charge >= 0.3 is 27.6 Å². The maximum Gasteiger partial charge on any atom is 0.475 e. The molecule has 2 aromatic rings. The Balaban J connectivity index is 1.70. The molecule has 2 aromatic carbocycles. The van der Waals surface area contributed by atoms with E-state index in [0.717, 1.165) is 51.4 Å². The van der Waals surface area contributed by atoms with Gasteiger partial charge in [0.15, 0.2) is 6.10 Å². The molecule has 0 aromatic heterocycles. The van der Waals surface area contributed by atoms with Crippen LogP contribution in [0.2, 0.25) is 0 Å². The standard InChI is InChI=1S/C39H60O16P2/c1-3-5-7-9-17-23-32(40)49-27-31(53-33(41)24-18-10-8-6-4-2)28-50-56(46,47)54-38-35(43)34(42)36(44)39(37(38)45)55-57(48,51-25-29-19-13-11-14-20-29)52-26-30-21-15-12-16-22-30/h11-16,19-22,31,34-39,42-45H,3-10,17-18,23-28H2,1-2H3,(H,46,47)/t31-,34-,35-,36+,37+,38+,39-/m1/s1. The van der Waals surface area contributed by atoms with Gasteiger partial charge in [0, 0.05) is 12.8 Å². The Morgan fingerprint density at radius 3 is 1.58 bits per heavy atom. The minimum absolute atomic E-state index is 0.0505. The molecule has 16 nitrogen and oxygen atoms in total. The molecular formula is C39H60O16P2. The monoisotopic (exact) mass is 846 g/mol. The van der Waals surface area contributed by atoms with Crippen LogP contribution < -0.4 is 0 Å². The van der Waals surface area contributed by atoms with Crippen molar-refractivity contribution in [3.63, 3.8) is 0 Å². The molecule has 1 saturated carbocycles. The van der Waals surface area contributed by atoms with Gasteiger partial charge in [-0.3, -0.25) is 32.2 Å². The molecule has 0 amide bonds. The molecule has 322 valence electrons. The number of phosphoric acid groups is 2. The van der Waals surface area contributed by atoms with Crippen LogP contribution in [-0.2, 0) is 64.0 Å². The lowest BCUT2D eigenvalue weighted by Gasteiger charge is -2.43. The predicted molar refractivity (Wildman–Crippen MR) is 207 cm³/mol. The van der Waals surface area contributed by atoms with E-state index in [2.05, 4.69) is 13.8 Å².